The number of carbonyl (C=O) groups excluding carboxylic acids is 2. The molecule has 5 nitrogen and oxygen atoms in total. The molecular weight excluding hydrogens is 572 g/mol. The molecule has 0 aliphatic heterocycles. The molecule has 0 aromatic rings. The van der Waals surface area contributed by atoms with E-state index in [0.29, 0.717) is 19.3 Å². The third kappa shape index (κ3) is 34.2. The Morgan fingerprint density at radius 2 is 0.957 bits per heavy atom. The van der Waals surface area contributed by atoms with Crippen molar-refractivity contribution in [1.82, 2.24) is 0 Å². The summed E-state index contributed by atoms with van der Waals surface area (Å²) in [6, 6.07) is 0. The lowest BCUT2D eigenvalue weighted by molar-refractivity contribution is -0.161. The molecule has 1 N–H and O–H groups in total. The van der Waals surface area contributed by atoms with Gasteiger partial charge in [-0.25, -0.2) is 0 Å². The van der Waals surface area contributed by atoms with Gasteiger partial charge in [-0.2, -0.15) is 0 Å². The quantitative estimate of drug-likeness (QED) is 0.0450. The number of ether oxygens (including phenoxy) is 2. The highest BCUT2D eigenvalue weighted by Crippen LogP contribution is 2.12. The van der Waals surface area contributed by atoms with Crippen LogP contribution in [-0.4, -0.2) is 36.4 Å². The Morgan fingerprint density at radius 1 is 0.522 bits per heavy atom. The van der Waals surface area contributed by atoms with Crippen LogP contribution in [0.15, 0.2) is 72.9 Å². The Bertz CT molecular complexity index is 864. The van der Waals surface area contributed by atoms with Gasteiger partial charge in [0.2, 0.25) is 0 Å². The van der Waals surface area contributed by atoms with E-state index in [9.17, 15) is 14.7 Å². The molecule has 0 aromatic carbocycles. The van der Waals surface area contributed by atoms with Crippen LogP contribution in [0.3, 0.4) is 0 Å². The summed E-state index contributed by atoms with van der Waals surface area (Å²) in [6.07, 6.45) is 48.2. The van der Waals surface area contributed by atoms with Gasteiger partial charge in [-0.3, -0.25) is 9.59 Å². The Kier molecular flexibility index (Phi) is 34.7. The number of hydrogen-bond donors (Lipinski definition) is 1. The van der Waals surface area contributed by atoms with E-state index in [1.165, 1.54) is 64.2 Å². The summed E-state index contributed by atoms with van der Waals surface area (Å²) in [6.45, 7) is 3.94. The first-order valence-electron chi connectivity index (χ1n) is 18.5. The molecule has 1 unspecified atom stereocenters. The number of aliphatic hydroxyl groups excluding tert-OH is 1. The SMILES string of the molecule is CCC=CCC=CCC=CCC=CCC=CCCCC(=O)OCC(CO)OC(=O)CCCCCCCCCC=CCCCCCC. The third-order valence-electron chi connectivity index (χ3n) is 7.48. The predicted molar refractivity (Wildman–Crippen MR) is 196 cm³/mol. The minimum Gasteiger partial charge on any atom is -0.462 e. The second kappa shape index (κ2) is 36.8. The van der Waals surface area contributed by atoms with Crippen LogP contribution in [0.5, 0.6) is 0 Å². The first kappa shape index (κ1) is 43.3. The van der Waals surface area contributed by atoms with E-state index < -0.39 is 6.10 Å². The highest BCUT2D eigenvalue weighted by molar-refractivity contribution is 5.70. The normalized spacial score (nSPS) is 13.0. The van der Waals surface area contributed by atoms with Crippen molar-refractivity contribution in [3.63, 3.8) is 0 Å². The van der Waals surface area contributed by atoms with Crippen molar-refractivity contribution in [3.05, 3.63) is 72.9 Å². The number of aliphatic hydroxyl groups is 1. The van der Waals surface area contributed by atoms with E-state index in [4.69, 9.17) is 9.47 Å². The summed E-state index contributed by atoms with van der Waals surface area (Å²) in [5.41, 5.74) is 0. The summed E-state index contributed by atoms with van der Waals surface area (Å²) < 4.78 is 10.5. The molecule has 0 rings (SSSR count). The van der Waals surface area contributed by atoms with Crippen molar-refractivity contribution >= 4 is 11.9 Å². The molecule has 0 amide bonds. The number of unbranched alkanes of at least 4 members (excludes halogenated alkanes) is 12. The first-order valence-corrected chi connectivity index (χ1v) is 18.5. The van der Waals surface area contributed by atoms with Crippen LogP contribution in [0.2, 0.25) is 0 Å². The predicted octanol–water partition coefficient (Wildman–Crippen LogP) is 11.4. The standard InChI is InChI=1S/C41H68O5/c1-3-5-7-9-11-13-15-17-19-20-22-23-25-27-29-31-33-35-40(43)45-38-39(37-42)46-41(44)36-34-32-30-28-26-24-21-18-16-14-12-10-8-6-4-2/h5,7,11,13-14,16-17,19,22-23,27,29,39,42H,3-4,6,8-10,12,15,18,20-21,24-26,28,30-38H2,1-2H3. The molecule has 5 heteroatoms. The lowest BCUT2D eigenvalue weighted by atomic mass is 10.1. The van der Waals surface area contributed by atoms with E-state index in [2.05, 4.69) is 86.8 Å². The van der Waals surface area contributed by atoms with Crippen molar-refractivity contribution < 1.29 is 24.2 Å². The number of rotatable bonds is 32. The van der Waals surface area contributed by atoms with Crippen LogP contribution in [0.4, 0.5) is 0 Å². The molecule has 0 saturated heterocycles. The average molecular weight is 641 g/mol. The van der Waals surface area contributed by atoms with E-state index in [1.807, 2.05) is 0 Å². The maximum atomic E-state index is 12.1. The van der Waals surface area contributed by atoms with Crippen molar-refractivity contribution in [2.24, 2.45) is 0 Å². The number of carbonyl (C=O) groups is 2. The highest BCUT2D eigenvalue weighted by Gasteiger charge is 2.16. The number of allylic oxidation sites excluding steroid dienone is 12. The molecule has 0 spiro atoms. The van der Waals surface area contributed by atoms with Crippen molar-refractivity contribution in [2.75, 3.05) is 13.2 Å². The van der Waals surface area contributed by atoms with Gasteiger partial charge < -0.3 is 14.6 Å². The molecule has 0 saturated carbocycles. The van der Waals surface area contributed by atoms with Gasteiger partial charge in [0.15, 0.2) is 6.10 Å². The van der Waals surface area contributed by atoms with Gasteiger partial charge in [0.25, 0.3) is 0 Å². The molecule has 0 bridgehead atoms. The fourth-order valence-corrected chi connectivity index (χ4v) is 4.70. The molecule has 262 valence electrons. The summed E-state index contributed by atoms with van der Waals surface area (Å²) in [5.74, 6) is -0.671. The molecule has 0 radical (unpaired) electrons. The molecule has 1 atom stereocenters. The van der Waals surface area contributed by atoms with Crippen molar-refractivity contribution in [2.45, 2.75) is 161 Å². The molecular formula is C41H68O5. The summed E-state index contributed by atoms with van der Waals surface area (Å²) in [7, 11) is 0. The minimum atomic E-state index is -0.798. The molecule has 0 aliphatic rings. The zero-order chi connectivity index (χ0) is 33.6. The Labute approximate surface area is 283 Å². The minimum absolute atomic E-state index is 0.100. The summed E-state index contributed by atoms with van der Waals surface area (Å²) >= 11 is 0. The Hall–Kier alpha value is -2.66. The van der Waals surface area contributed by atoms with E-state index in [1.54, 1.807) is 0 Å². The van der Waals surface area contributed by atoms with E-state index >= 15 is 0 Å². The summed E-state index contributed by atoms with van der Waals surface area (Å²) in [5, 5.41) is 9.53. The van der Waals surface area contributed by atoms with Gasteiger partial charge in [0.05, 0.1) is 6.61 Å². The van der Waals surface area contributed by atoms with Crippen LogP contribution >= 0.6 is 0 Å². The van der Waals surface area contributed by atoms with E-state index in [-0.39, 0.29) is 25.2 Å². The Morgan fingerprint density at radius 3 is 1.50 bits per heavy atom. The van der Waals surface area contributed by atoms with Crippen LogP contribution in [0.25, 0.3) is 0 Å². The topological polar surface area (TPSA) is 72.8 Å². The lowest BCUT2D eigenvalue weighted by Crippen LogP contribution is -2.28. The molecule has 0 heterocycles. The average Bonchev–Trinajstić information content (AvgIpc) is 3.06. The summed E-state index contributed by atoms with van der Waals surface area (Å²) in [4.78, 5) is 24.2. The second-order valence-corrected chi connectivity index (χ2v) is 11.9. The van der Waals surface area contributed by atoms with Crippen LogP contribution in [0.1, 0.15) is 155 Å². The fourth-order valence-electron chi connectivity index (χ4n) is 4.70. The van der Waals surface area contributed by atoms with Gasteiger partial charge in [-0.15, -0.1) is 0 Å². The maximum absolute atomic E-state index is 12.1. The second-order valence-electron chi connectivity index (χ2n) is 11.9. The zero-order valence-electron chi connectivity index (χ0n) is 29.6. The molecule has 0 aliphatic carbocycles. The van der Waals surface area contributed by atoms with Gasteiger partial charge >= 0.3 is 11.9 Å². The molecule has 46 heavy (non-hydrogen) atoms. The monoisotopic (exact) mass is 641 g/mol. The van der Waals surface area contributed by atoms with Gasteiger partial charge in [0, 0.05) is 12.8 Å². The van der Waals surface area contributed by atoms with Gasteiger partial charge in [-0.1, -0.05) is 138 Å². The number of esters is 2. The smallest absolute Gasteiger partial charge is 0.306 e. The van der Waals surface area contributed by atoms with Crippen molar-refractivity contribution in [1.29, 1.82) is 0 Å². The molecule has 0 aromatic heterocycles. The van der Waals surface area contributed by atoms with Gasteiger partial charge in [-0.05, 0) is 77.0 Å². The maximum Gasteiger partial charge on any atom is 0.306 e. The number of hydrogen-bond acceptors (Lipinski definition) is 5. The lowest BCUT2D eigenvalue weighted by Gasteiger charge is -2.15. The van der Waals surface area contributed by atoms with Gasteiger partial charge in [0.1, 0.15) is 6.61 Å². The van der Waals surface area contributed by atoms with Crippen molar-refractivity contribution in [3.8, 4) is 0 Å². The van der Waals surface area contributed by atoms with Crippen LogP contribution in [-0.2, 0) is 19.1 Å². The third-order valence-corrected chi connectivity index (χ3v) is 7.48. The largest absolute Gasteiger partial charge is 0.462 e. The van der Waals surface area contributed by atoms with Crippen LogP contribution in [0, 0.1) is 0 Å². The highest BCUT2D eigenvalue weighted by atomic mass is 16.6. The fraction of sp³-hybridized carbons (Fsp3) is 0.659. The zero-order valence-corrected chi connectivity index (χ0v) is 29.6. The first-order chi connectivity index (χ1) is 22.6. The van der Waals surface area contributed by atoms with Crippen LogP contribution < -0.4 is 0 Å². The van der Waals surface area contributed by atoms with E-state index in [0.717, 1.165) is 57.8 Å². The molecule has 0 fully saturated rings. The Balaban J connectivity index is 3.70.